The second-order valence-electron chi connectivity index (χ2n) is 4.74. The van der Waals surface area contributed by atoms with Gasteiger partial charge in [0.05, 0.1) is 5.56 Å². The third-order valence-electron chi connectivity index (χ3n) is 3.45. The Kier molecular flexibility index (Phi) is 6.36. The van der Waals surface area contributed by atoms with Crippen LogP contribution in [0.5, 0.6) is 0 Å². The molecule has 1 aliphatic rings. The van der Waals surface area contributed by atoms with Crippen LogP contribution in [-0.2, 0) is 0 Å². The standard InChI is InChI=1S/C14H18F2N2O.ClH/c1-2-18-14(19)11-8-12(15)10(7-13(11)16)9-3-5-17-6-4-9;/h7-9,17H,2-6H2,1H3,(H,18,19);1H. The van der Waals surface area contributed by atoms with Crippen LogP contribution < -0.4 is 10.6 Å². The number of amides is 1. The third-order valence-corrected chi connectivity index (χ3v) is 3.45. The van der Waals surface area contributed by atoms with Gasteiger partial charge in [0.1, 0.15) is 11.6 Å². The summed E-state index contributed by atoms with van der Waals surface area (Å²) < 4.78 is 28.0. The van der Waals surface area contributed by atoms with Gasteiger partial charge >= 0.3 is 0 Å². The van der Waals surface area contributed by atoms with Crippen LogP contribution in [0.25, 0.3) is 0 Å². The van der Waals surface area contributed by atoms with E-state index in [-0.39, 0.29) is 23.9 Å². The molecule has 0 aromatic heterocycles. The molecule has 0 aliphatic carbocycles. The molecule has 3 nitrogen and oxygen atoms in total. The van der Waals surface area contributed by atoms with E-state index in [0.717, 1.165) is 32.0 Å². The molecule has 1 amide bonds. The number of piperidine rings is 1. The van der Waals surface area contributed by atoms with Crippen LogP contribution in [0.2, 0.25) is 0 Å². The molecule has 1 saturated heterocycles. The topological polar surface area (TPSA) is 41.1 Å². The van der Waals surface area contributed by atoms with E-state index in [4.69, 9.17) is 0 Å². The average molecular weight is 305 g/mol. The normalized spacial score (nSPS) is 15.6. The Hall–Kier alpha value is -1.20. The maximum absolute atomic E-state index is 14.0. The Morgan fingerprint density at radius 2 is 1.95 bits per heavy atom. The van der Waals surface area contributed by atoms with Crippen LogP contribution in [0.15, 0.2) is 12.1 Å². The van der Waals surface area contributed by atoms with Crippen molar-refractivity contribution < 1.29 is 13.6 Å². The molecule has 112 valence electrons. The lowest BCUT2D eigenvalue weighted by atomic mass is 9.89. The van der Waals surface area contributed by atoms with Crippen molar-refractivity contribution in [1.82, 2.24) is 10.6 Å². The van der Waals surface area contributed by atoms with Gasteiger partial charge in [-0.3, -0.25) is 4.79 Å². The van der Waals surface area contributed by atoms with E-state index < -0.39 is 17.5 Å². The fourth-order valence-electron chi connectivity index (χ4n) is 2.44. The quantitative estimate of drug-likeness (QED) is 0.901. The van der Waals surface area contributed by atoms with Crippen molar-refractivity contribution >= 4 is 18.3 Å². The Labute approximate surface area is 123 Å². The van der Waals surface area contributed by atoms with E-state index >= 15 is 0 Å². The maximum atomic E-state index is 14.0. The second kappa shape index (κ2) is 7.55. The third kappa shape index (κ3) is 3.67. The van der Waals surface area contributed by atoms with Gasteiger partial charge in [-0.15, -0.1) is 12.4 Å². The number of nitrogens with one attached hydrogen (secondary N) is 2. The molecule has 1 aromatic rings. The molecule has 2 rings (SSSR count). The molecule has 0 bridgehead atoms. The largest absolute Gasteiger partial charge is 0.352 e. The summed E-state index contributed by atoms with van der Waals surface area (Å²) in [7, 11) is 0. The van der Waals surface area contributed by atoms with Gasteiger partial charge in [0, 0.05) is 6.54 Å². The summed E-state index contributed by atoms with van der Waals surface area (Å²) in [6.07, 6.45) is 1.58. The van der Waals surface area contributed by atoms with E-state index in [9.17, 15) is 13.6 Å². The van der Waals surface area contributed by atoms with Crippen LogP contribution in [-0.4, -0.2) is 25.5 Å². The van der Waals surface area contributed by atoms with E-state index in [1.54, 1.807) is 6.92 Å². The summed E-state index contributed by atoms with van der Waals surface area (Å²) in [4.78, 5) is 11.6. The minimum absolute atomic E-state index is 0. The van der Waals surface area contributed by atoms with Crippen LogP contribution in [0.3, 0.4) is 0 Å². The first-order chi connectivity index (χ1) is 9.13. The van der Waals surface area contributed by atoms with Gasteiger partial charge in [-0.2, -0.15) is 0 Å². The molecule has 0 atom stereocenters. The summed E-state index contributed by atoms with van der Waals surface area (Å²) in [5.41, 5.74) is 0.157. The van der Waals surface area contributed by atoms with Gasteiger partial charge in [0.25, 0.3) is 5.91 Å². The molecule has 1 fully saturated rings. The molecular formula is C14H19ClF2N2O. The molecule has 2 N–H and O–H groups in total. The highest BCUT2D eigenvalue weighted by Crippen LogP contribution is 2.29. The monoisotopic (exact) mass is 304 g/mol. The molecule has 0 unspecified atom stereocenters. The van der Waals surface area contributed by atoms with Gasteiger partial charge in [0.2, 0.25) is 0 Å². The molecule has 1 aromatic carbocycles. The number of halogens is 3. The van der Waals surface area contributed by atoms with Gasteiger partial charge < -0.3 is 10.6 Å². The van der Waals surface area contributed by atoms with E-state index in [0.29, 0.717) is 12.1 Å². The van der Waals surface area contributed by atoms with Crippen LogP contribution in [0.4, 0.5) is 8.78 Å². The molecular weight excluding hydrogens is 286 g/mol. The molecule has 6 heteroatoms. The van der Waals surface area contributed by atoms with Crippen molar-refractivity contribution in [1.29, 1.82) is 0 Å². The first kappa shape index (κ1) is 16.9. The van der Waals surface area contributed by atoms with E-state index in [1.165, 1.54) is 6.07 Å². The van der Waals surface area contributed by atoms with E-state index in [1.807, 2.05) is 0 Å². The van der Waals surface area contributed by atoms with Gasteiger partial charge in [-0.05, 0) is 56.5 Å². The van der Waals surface area contributed by atoms with Crippen LogP contribution >= 0.6 is 12.4 Å². The lowest BCUT2D eigenvalue weighted by Crippen LogP contribution is -2.28. The van der Waals surface area contributed by atoms with Crippen molar-refractivity contribution in [3.8, 4) is 0 Å². The van der Waals surface area contributed by atoms with Crippen molar-refractivity contribution in [2.24, 2.45) is 0 Å². The lowest BCUT2D eigenvalue weighted by Gasteiger charge is -2.23. The minimum atomic E-state index is -0.652. The summed E-state index contributed by atoms with van der Waals surface area (Å²) in [5, 5.41) is 5.66. The molecule has 1 aliphatic heterocycles. The summed E-state index contributed by atoms with van der Waals surface area (Å²) in [5.74, 6) is -1.69. The SMILES string of the molecule is CCNC(=O)c1cc(F)c(C2CCNCC2)cc1F.Cl. The van der Waals surface area contributed by atoms with Crippen LogP contribution in [0.1, 0.15) is 41.6 Å². The Balaban J connectivity index is 0.00000200. The number of rotatable bonds is 3. The first-order valence-electron chi connectivity index (χ1n) is 6.61. The van der Waals surface area contributed by atoms with E-state index in [2.05, 4.69) is 10.6 Å². The molecule has 0 saturated carbocycles. The molecule has 20 heavy (non-hydrogen) atoms. The Morgan fingerprint density at radius 3 is 2.55 bits per heavy atom. The maximum Gasteiger partial charge on any atom is 0.254 e. The zero-order valence-electron chi connectivity index (χ0n) is 11.3. The highest BCUT2D eigenvalue weighted by Gasteiger charge is 2.22. The fraction of sp³-hybridized carbons (Fsp3) is 0.500. The van der Waals surface area contributed by atoms with Gasteiger partial charge in [-0.1, -0.05) is 0 Å². The number of carbonyl (C=O) groups excluding carboxylic acids is 1. The predicted molar refractivity (Wildman–Crippen MR) is 76.5 cm³/mol. The average Bonchev–Trinajstić information content (AvgIpc) is 2.42. The summed E-state index contributed by atoms with van der Waals surface area (Å²) in [6, 6.07) is 2.19. The predicted octanol–water partition coefficient (Wildman–Crippen LogP) is 2.60. The zero-order chi connectivity index (χ0) is 13.8. The van der Waals surface area contributed by atoms with Crippen molar-refractivity contribution in [3.05, 3.63) is 34.9 Å². The first-order valence-corrected chi connectivity index (χ1v) is 6.61. The second-order valence-corrected chi connectivity index (χ2v) is 4.74. The lowest BCUT2D eigenvalue weighted by molar-refractivity contribution is 0.0951. The minimum Gasteiger partial charge on any atom is -0.352 e. The molecule has 0 radical (unpaired) electrons. The Morgan fingerprint density at radius 1 is 1.30 bits per heavy atom. The fourth-order valence-corrected chi connectivity index (χ4v) is 2.44. The number of benzene rings is 1. The van der Waals surface area contributed by atoms with Crippen molar-refractivity contribution in [3.63, 3.8) is 0 Å². The number of carbonyl (C=O) groups is 1. The summed E-state index contributed by atoms with van der Waals surface area (Å²) >= 11 is 0. The number of hydrogen-bond acceptors (Lipinski definition) is 2. The zero-order valence-corrected chi connectivity index (χ0v) is 12.2. The smallest absolute Gasteiger partial charge is 0.254 e. The molecule has 0 spiro atoms. The van der Waals surface area contributed by atoms with Crippen molar-refractivity contribution in [2.45, 2.75) is 25.7 Å². The summed E-state index contributed by atoms with van der Waals surface area (Å²) in [6.45, 7) is 3.74. The highest BCUT2D eigenvalue weighted by atomic mass is 35.5. The Bertz CT molecular complexity index is 476. The van der Waals surface area contributed by atoms with Gasteiger partial charge in [-0.25, -0.2) is 8.78 Å². The highest BCUT2D eigenvalue weighted by molar-refractivity contribution is 5.94. The molecule has 1 heterocycles. The number of hydrogen-bond donors (Lipinski definition) is 2. The van der Waals surface area contributed by atoms with Gasteiger partial charge in [0.15, 0.2) is 0 Å². The van der Waals surface area contributed by atoms with Crippen LogP contribution in [0, 0.1) is 11.6 Å². The van der Waals surface area contributed by atoms with Crippen molar-refractivity contribution in [2.75, 3.05) is 19.6 Å².